The van der Waals surface area contributed by atoms with Crippen molar-refractivity contribution in [1.29, 1.82) is 0 Å². The Kier molecular flexibility index (Phi) is 12.2. The zero-order valence-corrected chi connectivity index (χ0v) is 29.2. The second-order valence-electron chi connectivity index (χ2n) is 12.2. The van der Waals surface area contributed by atoms with Crippen molar-refractivity contribution in [3.05, 3.63) is 174 Å². The van der Waals surface area contributed by atoms with E-state index in [-0.39, 0.29) is 27.9 Å². The van der Waals surface area contributed by atoms with Crippen LogP contribution in [-0.2, 0) is 28.4 Å². The number of para-hydroxylation sites is 1. The van der Waals surface area contributed by atoms with Crippen LogP contribution in [-0.4, -0.2) is 73.3 Å². The first kappa shape index (κ1) is 38.9. The van der Waals surface area contributed by atoms with Crippen LogP contribution in [0.3, 0.4) is 0 Å². The zero-order valence-electron chi connectivity index (χ0n) is 29.2. The van der Waals surface area contributed by atoms with Gasteiger partial charge in [0.25, 0.3) is 11.7 Å². The van der Waals surface area contributed by atoms with Crippen molar-refractivity contribution in [2.75, 3.05) is 13.2 Å². The number of nitrogens with zero attached hydrogens (tertiary/aromatic N) is 1. The third-order valence-corrected chi connectivity index (χ3v) is 8.27. The van der Waals surface area contributed by atoms with Crippen LogP contribution >= 0.6 is 0 Å². The Morgan fingerprint density at radius 1 is 0.589 bits per heavy atom. The van der Waals surface area contributed by atoms with E-state index in [0.29, 0.717) is 0 Å². The number of benzene rings is 5. The van der Waals surface area contributed by atoms with E-state index in [1.165, 1.54) is 109 Å². The number of hydrogen-bond acceptors (Lipinski definition) is 11. The maximum atomic E-state index is 14.9. The molecular formula is C42H32F3NO10. The van der Waals surface area contributed by atoms with E-state index in [2.05, 4.69) is 4.99 Å². The molecule has 0 N–H and O–H groups in total. The third-order valence-electron chi connectivity index (χ3n) is 8.27. The Bertz CT molecular complexity index is 2140. The standard InChI is InChI=1S/C42H32F3NO10/c43-42(44,45)40(46-32-24-14-5-15-25-32)56-41(27-51-36(47)28-16-6-1-7-17-28)35(55-39(50)31-22-12-4-13-23-31)34(54-38(49)30-20-10-3-11-21-30)33(26-52-41)53-37(48)29-18-8-2-9-19-29/h1-25,33-35H,26-27H2/t33-,34-,35+,41+/m1/s1. The lowest BCUT2D eigenvalue weighted by atomic mass is 9.95. The van der Waals surface area contributed by atoms with Crippen molar-refractivity contribution >= 4 is 35.5 Å². The first-order valence-electron chi connectivity index (χ1n) is 17.1. The predicted octanol–water partition coefficient (Wildman–Crippen LogP) is 7.56. The van der Waals surface area contributed by atoms with E-state index in [0.717, 1.165) is 0 Å². The molecule has 11 nitrogen and oxygen atoms in total. The molecule has 6 rings (SSSR count). The molecular weight excluding hydrogens is 735 g/mol. The number of aliphatic imine (C=N–C) groups is 1. The molecule has 5 aromatic rings. The van der Waals surface area contributed by atoms with Gasteiger partial charge in [-0.05, 0) is 60.7 Å². The van der Waals surface area contributed by atoms with E-state index in [4.69, 9.17) is 28.4 Å². The summed E-state index contributed by atoms with van der Waals surface area (Å²) < 4.78 is 79.5. The smallest absolute Gasteiger partial charge is 0.455 e. The molecule has 1 saturated heterocycles. The van der Waals surface area contributed by atoms with Crippen LogP contribution < -0.4 is 0 Å². The molecule has 0 aromatic heterocycles. The molecule has 4 atom stereocenters. The summed E-state index contributed by atoms with van der Waals surface area (Å²) in [6, 6.07) is 37.0. The van der Waals surface area contributed by atoms with Crippen LogP contribution in [0.4, 0.5) is 18.9 Å². The van der Waals surface area contributed by atoms with Crippen molar-refractivity contribution < 1.29 is 60.8 Å². The third kappa shape index (κ3) is 9.65. The Morgan fingerprint density at radius 3 is 1.46 bits per heavy atom. The van der Waals surface area contributed by atoms with Gasteiger partial charge in [0.15, 0.2) is 18.8 Å². The molecule has 1 fully saturated rings. The number of halogens is 3. The van der Waals surface area contributed by atoms with Gasteiger partial charge < -0.3 is 28.4 Å². The highest BCUT2D eigenvalue weighted by Crippen LogP contribution is 2.38. The van der Waals surface area contributed by atoms with Crippen LogP contribution in [0.15, 0.2) is 157 Å². The van der Waals surface area contributed by atoms with Gasteiger partial charge in [-0.15, -0.1) is 0 Å². The lowest BCUT2D eigenvalue weighted by molar-refractivity contribution is -0.325. The topological polar surface area (TPSA) is 136 Å². The molecule has 5 aromatic carbocycles. The normalized spacial score (nSPS) is 19.6. The van der Waals surface area contributed by atoms with Crippen LogP contribution in [0, 0.1) is 0 Å². The molecule has 0 amide bonds. The van der Waals surface area contributed by atoms with Gasteiger partial charge in [0.05, 0.1) is 34.5 Å². The van der Waals surface area contributed by atoms with Crippen molar-refractivity contribution in [2.24, 2.45) is 4.99 Å². The maximum absolute atomic E-state index is 14.9. The summed E-state index contributed by atoms with van der Waals surface area (Å²) in [7, 11) is 0. The summed E-state index contributed by atoms with van der Waals surface area (Å²) in [6.45, 7) is -2.00. The molecule has 0 bridgehead atoms. The lowest BCUT2D eigenvalue weighted by Gasteiger charge is -2.47. The first-order chi connectivity index (χ1) is 27.0. The Labute approximate surface area is 318 Å². The monoisotopic (exact) mass is 767 g/mol. The summed E-state index contributed by atoms with van der Waals surface area (Å²) in [5, 5.41) is 0. The van der Waals surface area contributed by atoms with Gasteiger partial charge in [-0.3, -0.25) is 0 Å². The molecule has 1 aliphatic rings. The number of carbonyl (C=O) groups is 4. The molecule has 0 spiro atoms. The minimum atomic E-state index is -5.32. The lowest BCUT2D eigenvalue weighted by Crippen LogP contribution is -2.68. The molecule has 56 heavy (non-hydrogen) atoms. The summed E-state index contributed by atoms with van der Waals surface area (Å²) in [5.41, 5.74) is -0.201. The van der Waals surface area contributed by atoms with Gasteiger partial charge in [0.1, 0.15) is 0 Å². The summed E-state index contributed by atoms with van der Waals surface area (Å²) >= 11 is 0. The summed E-state index contributed by atoms with van der Waals surface area (Å²) in [6.07, 6.45) is -11.1. The van der Waals surface area contributed by atoms with Crippen molar-refractivity contribution in [3.8, 4) is 0 Å². The Balaban J connectivity index is 1.50. The van der Waals surface area contributed by atoms with Crippen LogP contribution in [0.5, 0.6) is 0 Å². The molecule has 0 radical (unpaired) electrons. The van der Waals surface area contributed by atoms with Crippen LogP contribution in [0.1, 0.15) is 41.4 Å². The fourth-order valence-corrected chi connectivity index (χ4v) is 5.54. The Hall–Kier alpha value is -6.80. The second kappa shape index (κ2) is 17.6. The van der Waals surface area contributed by atoms with Gasteiger partial charge in [-0.25, -0.2) is 24.2 Å². The van der Waals surface area contributed by atoms with Gasteiger partial charge in [-0.1, -0.05) is 91.0 Å². The summed E-state index contributed by atoms with van der Waals surface area (Å²) in [4.78, 5) is 58.0. The van der Waals surface area contributed by atoms with E-state index in [9.17, 15) is 32.3 Å². The first-order valence-corrected chi connectivity index (χ1v) is 17.1. The number of rotatable bonds is 11. The zero-order chi connectivity index (χ0) is 39.5. The molecule has 1 heterocycles. The van der Waals surface area contributed by atoms with Gasteiger partial charge in [0, 0.05) is 0 Å². The van der Waals surface area contributed by atoms with E-state index < -0.39 is 73.3 Å². The highest BCUT2D eigenvalue weighted by Gasteiger charge is 2.62. The largest absolute Gasteiger partial charge is 0.468 e. The molecule has 0 saturated carbocycles. The number of alkyl halides is 3. The van der Waals surface area contributed by atoms with Crippen LogP contribution in [0.2, 0.25) is 0 Å². The highest BCUT2D eigenvalue weighted by molar-refractivity contribution is 5.92. The minimum absolute atomic E-state index is 0.00649. The van der Waals surface area contributed by atoms with Gasteiger partial charge >= 0.3 is 30.1 Å². The number of hydrogen-bond donors (Lipinski definition) is 0. The molecule has 286 valence electrons. The van der Waals surface area contributed by atoms with Crippen LogP contribution in [0.25, 0.3) is 0 Å². The Morgan fingerprint density at radius 2 is 1.00 bits per heavy atom. The molecule has 14 heteroatoms. The van der Waals surface area contributed by atoms with Crippen molar-refractivity contribution in [3.63, 3.8) is 0 Å². The van der Waals surface area contributed by atoms with Crippen molar-refractivity contribution in [1.82, 2.24) is 0 Å². The predicted molar refractivity (Wildman–Crippen MR) is 193 cm³/mol. The average Bonchev–Trinajstić information content (AvgIpc) is 3.23. The fraction of sp³-hybridized carbons (Fsp3) is 0.167. The molecule has 0 aliphatic carbocycles. The second-order valence-corrected chi connectivity index (χ2v) is 12.2. The highest BCUT2D eigenvalue weighted by atomic mass is 19.4. The quantitative estimate of drug-likeness (QED) is 0.0574. The molecule has 0 unspecified atom stereocenters. The number of esters is 4. The summed E-state index contributed by atoms with van der Waals surface area (Å²) in [5.74, 6) is -8.97. The van der Waals surface area contributed by atoms with Gasteiger partial charge in [0.2, 0.25) is 6.10 Å². The van der Waals surface area contributed by atoms with Gasteiger partial charge in [-0.2, -0.15) is 13.2 Å². The number of ether oxygens (including phenoxy) is 6. The van der Waals surface area contributed by atoms with E-state index in [1.807, 2.05) is 0 Å². The fourth-order valence-electron chi connectivity index (χ4n) is 5.54. The SMILES string of the molecule is O=C(OC[C@@]1(OC(=Nc2ccccc2)C(F)(F)F)OC[C@@H](OC(=O)c2ccccc2)[C@@H](OC(=O)c2ccccc2)[C@@H]1OC(=O)c1ccccc1)c1ccccc1. The maximum Gasteiger partial charge on any atom is 0.468 e. The number of carbonyl (C=O) groups excluding carboxylic acids is 4. The van der Waals surface area contributed by atoms with E-state index in [1.54, 1.807) is 42.5 Å². The van der Waals surface area contributed by atoms with E-state index >= 15 is 0 Å². The van der Waals surface area contributed by atoms with Crippen molar-refractivity contribution in [2.45, 2.75) is 30.3 Å². The minimum Gasteiger partial charge on any atom is -0.455 e. The average molecular weight is 768 g/mol. The molecule has 1 aliphatic heterocycles.